The Kier molecular flexibility index (Phi) is 6.30. The fraction of sp³-hybridized carbons (Fsp3) is 0.938. The Bertz CT molecular complexity index is 297. The Balaban J connectivity index is 1.71. The van der Waals surface area contributed by atoms with Crippen LogP contribution in [0.25, 0.3) is 0 Å². The summed E-state index contributed by atoms with van der Waals surface area (Å²) in [5.74, 6) is 1.23. The maximum absolute atomic E-state index is 12.2. The Morgan fingerprint density at radius 1 is 1.20 bits per heavy atom. The third kappa shape index (κ3) is 4.74. The molecule has 1 aliphatic carbocycles. The molecule has 4 nitrogen and oxygen atoms in total. The number of carbonyl (C=O) groups is 1. The van der Waals surface area contributed by atoms with Gasteiger partial charge in [0.2, 0.25) is 5.91 Å². The molecule has 3 N–H and O–H groups in total. The molecular formula is C16H30N2O2. The summed E-state index contributed by atoms with van der Waals surface area (Å²) in [5, 5.41) is 3.12. The summed E-state index contributed by atoms with van der Waals surface area (Å²) in [4.78, 5) is 12.2. The van der Waals surface area contributed by atoms with Crippen molar-refractivity contribution in [3.05, 3.63) is 0 Å². The molecule has 4 heteroatoms. The Morgan fingerprint density at radius 2 is 1.85 bits per heavy atom. The van der Waals surface area contributed by atoms with Crippen molar-refractivity contribution in [1.29, 1.82) is 0 Å². The van der Waals surface area contributed by atoms with E-state index >= 15 is 0 Å². The minimum Gasteiger partial charge on any atom is -0.381 e. The summed E-state index contributed by atoms with van der Waals surface area (Å²) in [6, 6.07) is -0.121. The lowest BCUT2D eigenvalue weighted by atomic mass is 9.84. The van der Waals surface area contributed by atoms with E-state index in [0.717, 1.165) is 32.5 Å². The first-order valence-electron chi connectivity index (χ1n) is 8.30. The van der Waals surface area contributed by atoms with Gasteiger partial charge in [0.15, 0.2) is 0 Å². The molecule has 116 valence electrons. The van der Waals surface area contributed by atoms with E-state index in [1.54, 1.807) is 0 Å². The van der Waals surface area contributed by atoms with Gasteiger partial charge in [-0.3, -0.25) is 4.79 Å². The summed E-state index contributed by atoms with van der Waals surface area (Å²) in [7, 11) is 0. The van der Waals surface area contributed by atoms with Gasteiger partial charge in [-0.15, -0.1) is 0 Å². The Morgan fingerprint density at radius 3 is 2.50 bits per heavy atom. The summed E-state index contributed by atoms with van der Waals surface area (Å²) >= 11 is 0. The minimum atomic E-state index is -0.333. The zero-order chi connectivity index (χ0) is 14.4. The van der Waals surface area contributed by atoms with Crippen molar-refractivity contribution in [1.82, 2.24) is 5.32 Å². The second-order valence-corrected chi connectivity index (χ2v) is 6.59. The number of ether oxygens (including phenoxy) is 1. The molecule has 1 aliphatic heterocycles. The van der Waals surface area contributed by atoms with Gasteiger partial charge in [0.1, 0.15) is 0 Å². The fourth-order valence-corrected chi connectivity index (χ4v) is 3.55. The van der Waals surface area contributed by atoms with E-state index in [1.165, 1.54) is 32.1 Å². The van der Waals surface area contributed by atoms with Crippen LogP contribution in [-0.4, -0.2) is 31.2 Å². The maximum atomic E-state index is 12.2. The number of rotatable bonds is 5. The van der Waals surface area contributed by atoms with Crippen molar-refractivity contribution in [3.63, 3.8) is 0 Å². The van der Waals surface area contributed by atoms with E-state index in [0.29, 0.717) is 11.8 Å². The highest BCUT2D eigenvalue weighted by Gasteiger charge is 2.25. The first-order valence-corrected chi connectivity index (χ1v) is 8.30. The van der Waals surface area contributed by atoms with Gasteiger partial charge in [0, 0.05) is 19.3 Å². The topological polar surface area (TPSA) is 64.4 Å². The predicted octanol–water partition coefficient (Wildman–Crippen LogP) is 2.22. The first kappa shape index (κ1) is 15.8. The molecule has 0 aromatic heterocycles. The third-order valence-electron chi connectivity index (χ3n) is 4.99. The molecule has 0 bridgehead atoms. The second-order valence-electron chi connectivity index (χ2n) is 6.59. The van der Waals surface area contributed by atoms with Crippen molar-refractivity contribution in [2.24, 2.45) is 17.6 Å². The van der Waals surface area contributed by atoms with Gasteiger partial charge in [0.05, 0.1) is 6.04 Å². The van der Waals surface area contributed by atoms with Crippen LogP contribution in [0, 0.1) is 11.8 Å². The highest BCUT2D eigenvalue weighted by Crippen LogP contribution is 2.27. The predicted molar refractivity (Wildman–Crippen MR) is 80.3 cm³/mol. The van der Waals surface area contributed by atoms with Gasteiger partial charge in [-0.05, 0) is 38.0 Å². The monoisotopic (exact) mass is 282 g/mol. The van der Waals surface area contributed by atoms with Crippen LogP contribution in [0.2, 0.25) is 0 Å². The van der Waals surface area contributed by atoms with Crippen LogP contribution in [-0.2, 0) is 9.53 Å². The molecule has 20 heavy (non-hydrogen) atoms. The normalized spacial score (nSPS) is 25.1. The molecule has 2 aliphatic rings. The molecular weight excluding hydrogens is 252 g/mol. The molecule has 1 heterocycles. The van der Waals surface area contributed by atoms with Gasteiger partial charge in [0.25, 0.3) is 0 Å². The average molecular weight is 282 g/mol. The number of carbonyl (C=O) groups excluding carboxylic acids is 1. The summed E-state index contributed by atoms with van der Waals surface area (Å²) in [6.07, 6.45) is 9.38. The van der Waals surface area contributed by atoms with Crippen LogP contribution in [0.5, 0.6) is 0 Å². The molecule has 1 saturated carbocycles. The van der Waals surface area contributed by atoms with Crippen molar-refractivity contribution in [3.8, 4) is 0 Å². The van der Waals surface area contributed by atoms with E-state index in [9.17, 15) is 4.79 Å². The molecule has 1 saturated heterocycles. The van der Waals surface area contributed by atoms with E-state index < -0.39 is 0 Å². The molecule has 2 unspecified atom stereocenters. The van der Waals surface area contributed by atoms with Crippen LogP contribution in [0.4, 0.5) is 0 Å². The van der Waals surface area contributed by atoms with E-state index in [1.807, 2.05) is 0 Å². The van der Waals surface area contributed by atoms with Gasteiger partial charge in [-0.2, -0.15) is 0 Å². The van der Waals surface area contributed by atoms with Gasteiger partial charge in [-0.25, -0.2) is 0 Å². The number of nitrogens with two attached hydrogens (primary N) is 1. The summed E-state index contributed by atoms with van der Waals surface area (Å²) in [6.45, 7) is 3.74. The lowest BCUT2D eigenvalue weighted by Crippen LogP contribution is -2.48. The minimum absolute atomic E-state index is 0.0366. The van der Waals surface area contributed by atoms with Crippen LogP contribution >= 0.6 is 0 Å². The summed E-state index contributed by atoms with van der Waals surface area (Å²) in [5.41, 5.74) is 6.09. The van der Waals surface area contributed by atoms with E-state index in [4.69, 9.17) is 10.5 Å². The van der Waals surface area contributed by atoms with Gasteiger partial charge >= 0.3 is 0 Å². The molecule has 0 aromatic rings. The molecule has 0 radical (unpaired) electrons. The number of hydrogen-bond donors (Lipinski definition) is 2. The second kappa shape index (κ2) is 7.99. The van der Waals surface area contributed by atoms with Crippen LogP contribution in [0.3, 0.4) is 0 Å². The number of hydrogen-bond acceptors (Lipinski definition) is 3. The average Bonchev–Trinajstić information content (AvgIpc) is 2.49. The third-order valence-corrected chi connectivity index (χ3v) is 4.99. The molecule has 1 amide bonds. The SMILES string of the molecule is CC(NC(=O)C(N)CC1CCCCC1)C1CCOCC1. The quantitative estimate of drug-likeness (QED) is 0.812. The largest absolute Gasteiger partial charge is 0.381 e. The van der Waals surface area contributed by atoms with Crippen molar-refractivity contribution in [2.45, 2.75) is 70.4 Å². The van der Waals surface area contributed by atoms with Crippen LogP contribution in [0.15, 0.2) is 0 Å². The van der Waals surface area contributed by atoms with Gasteiger partial charge in [-0.1, -0.05) is 32.1 Å². The van der Waals surface area contributed by atoms with Crippen LogP contribution < -0.4 is 11.1 Å². The van der Waals surface area contributed by atoms with Crippen molar-refractivity contribution in [2.75, 3.05) is 13.2 Å². The standard InChI is InChI=1S/C16H30N2O2/c1-12(14-7-9-20-10-8-14)18-16(19)15(17)11-13-5-3-2-4-6-13/h12-15H,2-11,17H2,1H3,(H,18,19). The smallest absolute Gasteiger partial charge is 0.237 e. The number of amides is 1. The van der Waals surface area contributed by atoms with Crippen molar-refractivity contribution < 1.29 is 9.53 Å². The molecule has 2 rings (SSSR count). The molecule has 0 aromatic carbocycles. The molecule has 0 spiro atoms. The van der Waals surface area contributed by atoms with Crippen molar-refractivity contribution >= 4 is 5.91 Å². The fourth-order valence-electron chi connectivity index (χ4n) is 3.55. The van der Waals surface area contributed by atoms with E-state index in [2.05, 4.69) is 12.2 Å². The molecule has 2 fully saturated rings. The zero-order valence-corrected chi connectivity index (χ0v) is 12.8. The number of nitrogens with one attached hydrogen (secondary N) is 1. The zero-order valence-electron chi connectivity index (χ0n) is 12.8. The Labute approximate surface area is 122 Å². The highest BCUT2D eigenvalue weighted by molar-refractivity contribution is 5.81. The summed E-state index contributed by atoms with van der Waals surface area (Å²) < 4.78 is 5.37. The lowest BCUT2D eigenvalue weighted by Gasteiger charge is -2.30. The molecule has 2 atom stereocenters. The highest BCUT2D eigenvalue weighted by atomic mass is 16.5. The van der Waals surface area contributed by atoms with Crippen LogP contribution in [0.1, 0.15) is 58.3 Å². The maximum Gasteiger partial charge on any atom is 0.237 e. The van der Waals surface area contributed by atoms with E-state index in [-0.39, 0.29) is 18.0 Å². The van der Waals surface area contributed by atoms with Gasteiger partial charge < -0.3 is 15.8 Å². The first-order chi connectivity index (χ1) is 9.66. The Hall–Kier alpha value is -0.610. The lowest BCUT2D eigenvalue weighted by molar-refractivity contribution is -0.124.